The van der Waals surface area contributed by atoms with E-state index in [1.165, 1.54) is 4.90 Å². The standard InChI is InChI=1S/C18H28N2O3S.ClH/c1-19(14-18(21)22)15-4-3-10-20(11-9-15)12-13-23-16-5-7-17(24-2)8-6-16;/h5-8,15H,3-4,9-14H2,1-2H3,(H,21,22);1H. The molecule has 2 rings (SSSR count). The lowest BCUT2D eigenvalue weighted by Crippen LogP contribution is -2.37. The lowest BCUT2D eigenvalue weighted by Gasteiger charge is -2.25. The number of thioether (sulfide) groups is 1. The van der Waals surface area contributed by atoms with Crippen molar-refractivity contribution in [3.63, 3.8) is 0 Å². The minimum atomic E-state index is -0.750. The van der Waals surface area contributed by atoms with E-state index in [1.54, 1.807) is 11.8 Å². The molecule has 1 unspecified atom stereocenters. The zero-order chi connectivity index (χ0) is 17.4. The fraction of sp³-hybridized carbons (Fsp3) is 0.611. The molecule has 0 radical (unpaired) electrons. The van der Waals surface area contributed by atoms with Gasteiger partial charge in [-0.3, -0.25) is 14.6 Å². The number of likely N-dealkylation sites (N-methyl/N-ethyl adjacent to an activating group) is 1. The van der Waals surface area contributed by atoms with Crippen molar-refractivity contribution in [1.82, 2.24) is 9.80 Å². The number of hydrogen-bond acceptors (Lipinski definition) is 5. The summed E-state index contributed by atoms with van der Waals surface area (Å²) in [5, 5.41) is 8.92. The molecule has 1 saturated heterocycles. The topological polar surface area (TPSA) is 53.0 Å². The summed E-state index contributed by atoms with van der Waals surface area (Å²) in [6.07, 6.45) is 5.26. The Morgan fingerprint density at radius 3 is 2.68 bits per heavy atom. The molecular weight excluding hydrogens is 360 g/mol. The Balaban J connectivity index is 0.00000312. The average molecular weight is 389 g/mol. The van der Waals surface area contributed by atoms with Crippen LogP contribution in [-0.2, 0) is 4.79 Å². The Bertz CT molecular complexity index is 516. The minimum absolute atomic E-state index is 0. The molecule has 1 N–H and O–H groups in total. The molecular formula is C18H29ClN2O3S. The Hall–Kier alpha value is -0.950. The lowest BCUT2D eigenvalue weighted by molar-refractivity contribution is -0.138. The van der Waals surface area contributed by atoms with Crippen molar-refractivity contribution in [2.45, 2.75) is 30.2 Å². The number of carboxylic acids is 1. The summed E-state index contributed by atoms with van der Waals surface area (Å²) in [7, 11) is 1.91. The van der Waals surface area contributed by atoms with Crippen LogP contribution in [0.2, 0.25) is 0 Å². The Labute approximate surface area is 161 Å². The van der Waals surface area contributed by atoms with Crippen LogP contribution in [0.4, 0.5) is 0 Å². The number of carbonyl (C=O) groups is 1. The van der Waals surface area contributed by atoms with Gasteiger partial charge in [-0.1, -0.05) is 0 Å². The zero-order valence-electron chi connectivity index (χ0n) is 15.0. The summed E-state index contributed by atoms with van der Waals surface area (Å²) in [6, 6.07) is 8.56. The molecule has 0 amide bonds. The van der Waals surface area contributed by atoms with E-state index in [9.17, 15) is 4.79 Å². The fourth-order valence-corrected chi connectivity index (χ4v) is 3.52. The van der Waals surface area contributed by atoms with Crippen LogP contribution in [0.15, 0.2) is 29.2 Å². The third-order valence-corrected chi connectivity index (χ3v) is 5.28. The molecule has 25 heavy (non-hydrogen) atoms. The fourth-order valence-electron chi connectivity index (χ4n) is 3.11. The number of nitrogens with zero attached hydrogens (tertiary/aromatic N) is 2. The van der Waals surface area contributed by atoms with Gasteiger partial charge in [-0.2, -0.15) is 0 Å². The maximum absolute atomic E-state index is 10.8. The van der Waals surface area contributed by atoms with Crippen molar-refractivity contribution < 1.29 is 14.6 Å². The van der Waals surface area contributed by atoms with E-state index in [4.69, 9.17) is 9.84 Å². The van der Waals surface area contributed by atoms with Crippen molar-refractivity contribution in [2.75, 3.05) is 46.1 Å². The van der Waals surface area contributed by atoms with Gasteiger partial charge in [0.15, 0.2) is 0 Å². The quantitative estimate of drug-likeness (QED) is 0.690. The summed E-state index contributed by atoms with van der Waals surface area (Å²) in [4.78, 5) is 16.5. The maximum Gasteiger partial charge on any atom is 0.317 e. The molecule has 0 aliphatic carbocycles. The first-order valence-electron chi connectivity index (χ1n) is 8.49. The molecule has 1 heterocycles. The van der Waals surface area contributed by atoms with Gasteiger partial charge in [-0.25, -0.2) is 0 Å². The minimum Gasteiger partial charge on any atom is -0.492 e. The smallest absolute Gasteiger partial charge is 0.317 e. The molecule has 142 valence electrons. The second-order valence-corrected chi connectivity index (χ2v) is 7.14. The van der Waals surface area contributed by atoms with E-state index < -0.39 is 5.97 Å². The maximum atomic E-state index is 10.8. The Morgan fingerprint density at radius 2 is 2.04 bits per heavy atom. The summed E-state index contributed by atoms with van der Waals surface area (Å²) in [5.74, 6) is 0.168. The number of rotatable bonds is 8. The van der Waals surface area contributed by atoms with Gasteiger partial charge in [-0.05, 0) is 69.9 Å². The molecule has 1 aliphatic heterocycles. The van der Waals surface area contributed by atoms with Gasteiger partial charge in [-0.15, -0.1) is 24.2 Å². The number of hydrogen-bond donors (Lipinski definition) is 1. The summed E-state index contributed by atoms with van der Waals surface area (Å²) >= 11 is 1.73. The molecule has 5 nitrogen and oxygen atoms in total. The molecule has 0 saturated carbocycles. The van der Waals surface area contributed by atoms with E-state index >= 15 is 0 Å². The van der Waals surface area contributed by atoms with Gasteiger partial charge >= 0.3 is 5.97 Å². The molecule has 0 spiro atoms. The van der Waals surface area contributed by atoms with Crippen molar-refractivity contribution in [2.24, 2.45) is 0 Å². The normalized spacial score (nSPS) is 18.4. The average Bonchev–Trinajstić information content (AvgIpc) is 2.81. The summed E-state index contributed by atoms with van der Waals surface area (Å²) < 4.78 is 5.84. The first kappa shape index (κ1) is 22.1. The molecule has 1 aromatic carbocycles. The number of benzene rings is 1. The molecule has 1 fully saturated rings. The van der Waals surface area contributed by atoms with Crippen molar-refractivity contribution >= 4 is 30.1 Å². The van der Waals surface area contributed by atoms with Crippen LogP contribution in [0.1, 0.15) is 19.3 Å². The highest BCUT2D eigenvalue weighted by molar-refractivity contribution is 7.98. The highest BCUT2D eigenvalue weighted by Gasteiger charge is 2.21. The SMILES string of the molecule is CSc1ccc(OCCN2CCCC(N(C)CC(=O)O)CC2)cc1.Cl. The van der Waals surface area contributed by atoms with Gasteiger partial charge in [0.2, 0.25) is 0 Å². The van der Waals surface area contributed by atoms with E-state index in [1.807, 2.05) is 24.1 Å². The monoisotopic (exact) mass is 388 g/mol. The first-order chi connectivity index (χ1) is 11.6. The second kappa shape index (κ2) is 11.6. The molecule has 1 aromatic rings. The molecule has 1 atom stereocenters. The van der Waals surface area contributed by atoms with Gasteiger partial charge in [0.1, 0.15) is 12.4 Å². The number of halogens is 1. The van der Waals surface area contributed by atoms with Crippen LogP contribution in [0.3, 0.4) is 0 Å². The van der Waals surface area contributed by atoms with Gasteiger partial charge in [0, 0.05) is 17.5 Å². The van der Waals surface area contributed by atoms with E-state index in [2.05, 4.69) is 23.3 Å². The largest absolute Gasteiger partial charge is 0.492 e. The number of likely N-dealkylation sites (tertiary alicyclic amines) is 1. The van der Waals surface area contributed by atoms with Crippen molar-refractivity contribution in [3.05, 3.63) is 24.3 Å². The highest BCUT2D eigenvalue weighted by atomic mass is 35.5. The molecule has 7 heteroatoms. The molecule has 1 aliphatic rings. The van der Waals surface area contributed by atoms with Crippen LogP contribution in [0, 0.1) is 0 Å². The van der Waals surface area contributed by atoms with E-state index in [0.29, 0.717) is 12.6 Å². The van der Waals surface area contributed by atoms with Crippen LogP contribution < -0.4 is 4.74 Å². The Kier molecular flexibility index (Phi) is 10.3. The Morgan fingerprint density at radius 1 is 1.32 bits per heavy atom. The van der Waals surface area contributed by atoms with Crippen LogP contribution in [-0.4, -0.2) is 73.0 Å². The third-order valence-electron chi connectivity index (χ3n) is 4.53. The first-order valence-corrected chi connectivity index (χ1v) is 9.72. The highest BCUT2D eigenvalue weighted by Crippen LogP contribution is 2.19. The van der Waals surface area contributed by atoms with Gasteiger partial charge < -0.3 is 9.84 Å². The zero-order valence-corrected chi connectivity index (χ0v) is 16.7. The van der Waals surface area contributed by atoms with Crippen LogP contribution in [0.5, 0.6) is 5.75 Å². The van der Waals surface area contributed by atoms with Crippen LogP contribution in [0.25, 0.3) is 0 Å². The predicted octanol–water partition coefficient (Wildman–Crippen LogP) is 3.08. The van der Waals surface area contributed by atoms with Gasteiger partial charge in [0.05, 0.1) is 6.54 Å². The molecule has 0 bridgehead atoms. The van der Waals surface area contributed by atoms with E-state index in [0.717, 1.165) is 44.6 Å². The number of aliphatic carboxylic acids is 1. The van der Waals surface area contributed by atoms with Gasteiger partial charge in [0.25, 0.3) is 0 Å². The van der Waals surface area contributed by atoms with Crippen molar-refractivity contribution in [3.8, 4) is 5.75 Å². The number of ether oxygens (including phenoxy) is 1. The second-order valence-electron chi connectivity index (χ2n) is 6.26. The van der Waals surface area contributed by atoms with Crippen molar-refractivity contribution in [1.29, 1.82) is 0 Å². The molecule has 0 aromatic heterocycles. The summed E-state index contributed by atoms with van der Waals surface area (Å²) in [6.45, 7) is 3.79. The predicted molar refractivity (Wildman–Crippen MR) is 105 cm³/mol. The third kappa shape index (κ3) is 7.86. The van der Waals surface area contributed by atoms with E-state index in [-0.39, 0.29) is 19.0 Å². The summed E-state index contributed by atoms with van der Waals surface area (Å²) in [5.41, 5.74) is 0. The number of carboxylic acid groups (broad SMARTS) is 1. The lowest BCUT2D eigenvalue weighted by atomic mass is 10.1. The van der Waals surface area contributed by atoms with Crippen LogP contribution >= 0.6 is 24.2 Å².